The maximum Gasteiger partial charge on any atom is 0.160 e. The molecule has 0 radical (unpaired) electrons. The topological polar surface area (TPSA) is 55.5 Å². The number of phenolic OH excluding ortho intramolecular Hbond substituents is 1. The van der Waals surface area contributed by atoms with Gasteiger partial charge in [0.15, 0.2) is 11.5 Å². The van der Waals surface area contributed by atoms with Gasteiger partial charge in [0.25, 0.3) is 0 Å². The average molecular weight is 190 g/mol. The highest BCUT2D eigenvalue weighted by Gasteiger charge is 1.99. The molecule has 1 aromatic rings. The van der Waals surface area contributed by atoms with Crippen molar-refractivity contribution in [1.29, 1.82) is 0 Å². The molecular weight excluding hydrogens is 178 g/mol. The van der Waals surface area contributed by atoms with Gasteiger partial charge in [-0.3, -0.25) is 0 Å². The van der Waals surface area contributed by atoms with Gasteiger partial charge in [0.1, 0.15) is 0 Å². The highest BCUT2D eigenvalue weighted by atomic mass is 35.5. The van der Waals surface area contributed by atoms with E-state index in [-0.39, 0.29) is 18.2 Å². The van der Waals surface area contributed by atoms with Gasteiger partial charge in [-0.25, -0.2) is 0 Å². The van der Waals surface area contributed by atoms with E-state index in [1.54, 1.807) is 12.1 Å². The molecule has 0 saturated heterocycles. The quantitative estimate of drug-likeness (QED) is 0.737. The van der Waals surface area contributed by atoms with E-state index in [0.717, 1.165) is 5.56 Å². The second-order valence-electron chi connectivity index (χ2n) is 2.21. The Morgan fingerprint density at radius 1 is 1.50 bits per heavy atom. The fourth-order valence-corrected chi connectivity index (χ4v) is 0.863. The zero-order valence-corrected chi connectivity index (χ0v) is 7.60. The first-order valence-electron chi connectivity index (χ1n) is 3.34. The highest BCUT2D eigenvalue weighted by Crippen LogP contribution is 2.25. The van der Waals surface area contributed by atoms with Crippen LogP contribution in [0, 0.1) is 0 Å². The number of methoxy groups -OCH3 is 1. The SMILES string of the molecule is COc1ccc(CN)cc1O.Cl. The third-order valence-electron chi connectivity index (χ3n) is 1.48. The van der Waals surface area contributed by atoms with Crippen LogP contribution in [0.1, 0.15) is 5.56 Å². The lowest BCUT2D eigenvalue weighted by atomic mass is 10.2. The fraction of sp³-hybridized carbons (Fsp3) is 0.250. The van der Waals surface area contributed by atoms with Crippen molar-refractivity contribution < 1.29 is 9.84 Å². The third-order valence-corrected chi connectivity index (χ3v) is 1.48. The smallest absolute Gasteiger partial charge is 0.160 e. The predicted molar refractivity (Wildman–Crippen MR) is 49.8 cm³/mol. The number of rotatable bonds is 2. The predicted octanol–water partition coefficient (Wildman–Crippen LogP) is 1.28. The normalized spacial score (nSPS) is 8.83. The summed E-state index contributed by atoms with van der Waals surface area (Å²) in [5.74, 6) is 0.609. The molecule has 12 heavy (non-hydrogen) atoms. The Morgan fingerprint density at radius 2 is 2.17 bits per heavy atom. The van der Waals surface area contributed by atoms with Crippen molar-refractivity contribution in [3.05, 3.63) is 23.8 Å². The summed E-state index contributed by atoms with van der Waals surface area (Å²) in [4.78, 5) is 0. The lowest BCUT2D eigenvalue weighted by Crippen LogP contribution is -1.95. The first-order chi connectivity index (χ1) is 5.27. The number of halogens is 1. The summed E-state index contributed by atoms with van der Waals surface area (Å²) in [7, 11) is 1.51. The Kier molecular flexibility index (Phi) is 4.47. The molecule has 0 fully saturated rings. The van der Waals surface area contributed by atoms with Crippen LogP contribution in [-0.4, -0.2) is 12.2 Å². The molecule has 1 rings (SSSR count). The number of hydrogen-bond acceptors (Lipinski definition) is 3. The molecule has 0 atom stereocenters. The van der Waals surface area contributed by atoms with Crippen LogP contribution in [-0.2, 0) is 6.54 Å². The number of benzene rings is 1. The van der Waals surface area contributed by atoms with E-state index < -0.39 is 0 Å². The van der Waals surface area contributed by atoms with Gasteiger partial charge in [0.05, 0.1) is 7.11 Å². The maximum atomic E-state index is 9.24. The van der Waals surface area contributed by atoms with Crippen LogP contribution in [0.2, 0.25) is 0 Å². The number of hydrogen-bond donors (Lipinski definition) is 2. The molecule has 0 aromatic heterocycles. The first-order valence-corrected chi connectivity index (χ1v) is 3.34. The Morgan fingerprint density at radius 3 is 2.58 bits per heavy atom. The Labute approximate surface area is 77.6 Å². The van der Waals surface area contributed by atoms with Crippen molar-refractivity contribution in [3.63, 3.8) is 0 Å². The van der Waals surface area contributed by atoms with Crippen molar-refractivity contribution >= 4 is 12.4 Å². The van der Waals surface area contributed by atoms with Crippen LogP contribution in [0.5, 0.6) is 11.5 Å². The van der Waals surface area contributed by atoms with Crippen molar-refractivity contribution in [2.45, 2.75) is 6.54 Å². The molecule has 0 heterocycles. The highest BCUT2D eigenvalue weighted by molar-refractivity contribution is 5.85. The lowest BCUT2D eigenvalue weighted by Gasteiger charge is -2.03. The van der Waals surface area contributed by atoms with Crippen LogP contribution >= 0.6 is 12.4 Å². The minimum absolute atomic E-state index is 0. The van der Waals surface area contributed by atoms with Crippen LogP contribution in [0.25, 0.3) is 0 Å². The van der Waals surface area contributed by atoms with Crippen molar-refractivity contribution in [3.8, 4) is 11.5 Å². The Bertz CT molecular complexity index is 253. The second kappa shape index (κ2) is 4.85. The van der Waals surface area contributed by atoms with Gasteiger partial charge in [-0.15, -0.1) is 12.4 Å². The summed E-state index contributed by atoms with van der Waals surface area (Å²) in [5.41, 5.74) is 6.25. The average Bonchev–Trinajstić information content (AvgIpc) is 2.04. The molecule has 0 aliphatic carbocycles. The van der Waals surface area contributed by atoms with Crippen LogP contribution in [0.4, 0.5) is 0 Å². The molecule has 0 unspecified atom stereocenters. The molecule has 3 nitrogen and oxygen atoms in total. The van der Waals surface area contributed by atoms with E-state index in [2.05, 4.69) is 0 Å². The fourth-order valence-electron chi connectivity index (χ4n) is 0.863. The van der Waals surface area contributed by atoms with Crippen molar-refractivity contribution in [1.82, 2.24) is 0 Å². The van der Waals surface area contributed by atoms with Crippen LogP contribution in [0.3, 0.4) is 0 Å². The zero-order valence-electron chi connectivity index (χ0n) is 6.78. The molecule has 4 heteroatoms. The number of ether oxygens (including phenoxy) is 1. The van der Waals surface area contributed by atoms with E-state index in [1.807, 2.05) is 6.07 Å². The molecule has 68 valence electrons. The van der Waals surface area contributed by atoms with Crippen LogP contribution < -0.4 is 10.5 Å². The first kappa shape index (κ1) is 11.1. The lowest BCUT2D eigenvalue weighted by molar-refractivity contribution is 0.373. The van der Waals surface area contributed by atoms with Crippen molar-refractivity contribution in [2.75, 3.05) is 7.11 Å². The molecule has 3 N–H and O–H groups in total. The van der Waals surface area contributed by atoms with Gasteiger partial charge < -0.3 is 15.6 Å². The molecular formula is C8H12ClNO2. The summed E-state index contributed by atoms with van der Waals surface area (Å²) in [6, 6.07) is 5.11. The van der Waals surface area contributed by atoms with E-state index in [9.17, 15) is 5.11 Å². The monoisotopic (exact) mass is 189 g/mol. The van der Waals surface area contributed by atoms with Crippen LogP contribution in [0.15, 0.2) is 18.2 Å². The van der Waals surface area contributed by atoms with Gasteiger partial charge >= 0.3 is 0 Å². The molecule has 0 aliphatic rings. The van der Waals surface area contributed by atoms with Gasteiger partial charge in [0, 0.05) is 6.54 Å². The number of nitrogens with two attached hydrogens (primary N) is 1. The molecule has 0 amide bonds. The summed E-state index contributed by atoms with van der Waals surface area (Å²) in [6.45, 7) is 0.428. The molecule has 1 aromatic carbocycles. The largest absolute Gasteiger partial charge is 0.504 e. The van der Waals surface area contributed by atoms with Gasteiger partial charge in [-0.1, -0.05) is 6.07 Å². The minimum atomic E-state index is 0. The Hall–Kier alpha value is -0.930. The van der Waals surface area contributed by atoms with Gasteiger partial charge in [-0.2, -0.15) is 0 Å². The van der Waals surface area contributed by atoms with Gasteiger partial charge in [0.2, 0.25) is 0 Å². The molecule has 0 spiro atoms. The van der Waals surface area contributed by atoms with Gasteiger partial charge in [-0.05, 0) is 17.7 Å². The number of phenols is 1. The second-order valence-corrected chi connectivity index (χ2v) is 2.21. The molecule has 0 bridgehead atoms. The third kappa shape index (κ3) is 2.29. The Balaban J connectivity index is 0.00000121. The summed E-state index contributed by atoms with van der Waals surface area (Å²) in [5, 5.41) is 9.24. The summed E-state index contributed by atoms with van der Waals surface area (Å²) >= 11 is 0. The van der Waals surface area contributed by atoms with E-state index in [0.29, 0.717) is 12.3 Å². The van der Waals surface area contributed by atoms with Crippen molar-refractivity contribution in [2.24, 2.45) is 5.73 Å². The summed E-state index contributed by atoms with van der Waals surface area (Å²) < 4.78 is 4.85. The van der Waals surface area contributed by atoms with E-state index in [4.69, 9.17) is 10.5 Å². The number of aromatic hydroxyl groups is 1. The van der Waals surface area contributed by atoms with E-state index >= 15 is 0 Å². The molecule has 0 aliphatic heterocycles. The zero-order chi connectivity index (χ0) is 8.27. The maximum absolute atomic E-state index is 9.24. The standard InChI is InChI=1S/C8H11NO2.ClH/c1-11-8-3-2-6(5-9)4-7(8)10;/h2-4,10H,5,9H2,1H3;1H. The van der Waals surface area contributed by atoms with E-state index in [1.165, 1.54) is 7.11 Å². The molecule has 0 saturated carbocycles. The summed E-state index contributed by atoms with van der Waals surface area (Å²) in [6.07, 6.45) is 0. The minimum Gasteiger partial charge on any atom is -0.504 e.